The Bertz CT molecular complexity index is 377. The van der Waals surface area contributed by atoms with Gasteiger partial charge in [-0.1, -0.05) is 13.8 Å². The number of nitrogens with zero attached hydrogens (tertiary/aromatic N) is 2. The van der Waals surface area contributed by atoms with E-state index in [9.17, 15) is 0 Å². The summed E-state index contributed by atoms with van der Waals surface area (Å²) in [6, 6.07) is 0.550. The molecule has 2 heterocycles. The van der Waals surface area contributed by atoms with E-state index in [1.165, 1.54) is 12.2 Å². The number of aryl methyl sites for hydroxylation is 2. The van der Waals surface area contributed by atoms with Crippen LogP contribution in [-0.4, -0.2) is 34.8 Å². The number of nitrogens with one attached hydrogen (secondary N) is 1. The number of rotatable bonds is 7. The van der Waals surface area contributed by atoms with Crippen molar-refractivity contribution in [2.24, 2.45) is 13.0 Å². The van der Waals surface area contributed by atoms with Crippen LogP contribution in [0.15, 0.2) is 12.4 Å². The van der Waals surface area contributed by atoms with Gasteiger partial charge in [-0.15, -0.1) is 0 Å². The first-order chi connectivity index (χ1) is 9.26. The summed E-state index contributed by atoms with van der Waals surface area (Å²) in [5.41, 5.74) is 0. The Kier molecular flexibility index (Phi) is 5.40. The monoisotopic (exact) mass is 265 g/mol. The van der Waals surface area contributed by atoms with E-state index >= 15 is 0 Å². The lowest BCUT2D eigenvalue weighted by Gasteiger charge is -2.27. The molecule has 0 radical (unpaired) electrons. The first-order valence-corrected chi connectivity index (χ1v) is 7.57. The summed E-state index contributed by atoms with van der Waals surface area (Å²) in [6.07, 6.45) is 8.82. The molecule has 0 saturated carbocycles. The molecule has 0 amide bonds. The van der Waals surface area contributed by atoms with Gasteiger partial charge in [-0.3, -0.25) is 0 Å². The topological polar surface area (TPSA) is 39.1 Å². The predicted molar refractivity (Wildman–Crippen MR) is 77.1 cm³/mol. The van der Waals surface area contributed by atoms with Crippen molar-refractivity contribution in [2.75, 3.05) is 13.2 Å². The number of hydrogen-bond donors (Lipinski definition) is 1. The van der Waals surface area contributed by atoms with Crippen molar-refractivity contribution in [3.05, 3.63) is 18.2 Å². The zero-order chi connectivity index (χ0) is 13.7. The third-order valence-corrected chi connectivity index (χ3v) is 4.25. The fourth-order valence-electron chi connectivity index (χ4n) is 3.20. The minimum absolute atomic E-state index is 0.436. The average molecular weight is 265 g/mol. The number of imidazole rings is 1. The fourth-order valence-corrected chi connectivity index (χ4v) is 3.20. The fraction of sp³-hybridized carbons (Fsp3) is 0.800. The molecular formula is C15H27N3O. The molecule has 1 aromatic heterocycles. The van der Waals surface area contributed by atoms with Crippen LogP contribution >= 0.6 is 0 Å². The molecule has 1 aliphatic rings. The molecule has 108 valence electrons. The molecule has 19 heavy (non-hydrogen) atoms. The molecule has 1 saturated heterocycles. The summed E-state index contributed by atoms with van der Waals surface area (Å²) >= 11 is 0. The standard InChI is InChI=1S/C15H27N3O/c1-4-14-12(8-11-19-14)13(16-5-2)6-7-15-17-9-10-18(15)3/h9-10,12-14,16H,4-8,11H2,1-3H3. The van der Waals surface area contributed by atoms with E-state index < -0.39 is 0 Å². The van der Waals surface area contributed by atoms with Gasteiger partial charge in [-0.25, -0.2) is 4.98 Å². The first-order valence-electron chi connectivity index (χ1n) is 7.57. The second kappa shape index (κ2) is 7.06. The van der Waals surface area contributed by atoms with Crippen molar-refractivity contribution >= 4 is 0 Å². The van der Waals surface area contributed by atoms with Crippen LogP contribution in [0.25, 0.3) is 0 Å². The quantitative estimate of drug-likeness (QED) is 0.821. The highest BCUT2D eigenvalue weighted by molar-refractivity contribution is 4.94. The minimum Gasteiger partial charge on any atom is -0.378 e. The molecule has 3 unspecified atom stereocenters. The van der Waals surface area contributed by atoms with Crippen LogP contribution in [0.2, 0.25) is 0 Å². The van der Waals surface area contributed by atoms with E-state index in [1.807, 2.05) is 12.4 Å². The van der Waals surface area contributed by atoms with E-state index in [0.29, 0.717) is 18.1 Å². The van der Waals surface area contributed by atoms with E-state index in [2.05, 4.69) is 35.8 Å². The Morgan fingerprint density at radius 3 is 3.00 bits per heavy atom. The molecule has 4 heteroatoms. The molecule has 4 nitrogen and oxygen atoms in total. The van der Waals surface area contributed by atoms with Gasteiger partial charge in [0.1, 0.15) is 5.82 Å². The molecule has 1 aromatic rings. The summed E-state index contributed by atoms with van der Waals surface area (Å²) in [7, 11) is 2.07. The summed E-state index contributed by atoms with van der Waals surface area (Å²) in [5, 5.41) is 3.65. The Hall–Kier alpha value is -0.870. The first kappa shape index (κ1) is 14.5. The second-order valence-electron chi connectivity index (χ2n) is 5.43. The number of ether oxygens (including phenoxy) is 1. The van der Waals surface area contributed by atoms with Crippen molar-refractivity contribution in [2.45, 2.75) is 51.7 Å². The summed E-state index contributed by atoms with van der Waals surface area (Å²) in [4.78, 5) is 4.42. The highest BCUT2D eigenvalue weighted by atomic mass is 16.5. The molecule has 0 aromatic carbocycles. The number of aromatic nitrogens is 2. The van der Waals surface area contributed by atoms with Crippen LogP contribution < -0.4 is 5.32 Å². The SMILES string of the molecule is CCNC(CCc1nccn1C)C1CCOC1CC. The van der Waals surface area contributed by atoms with Gasteiger partial charge in [0.2, 0.25) is 0 Å². The van der Waals surface area contributed by atoms with Crippen LogP contribution in [0.1, 0.15) is 38.9 Å². The molecule has 1 aliphatic heterocycles. The van der Waals surface area contributed by atoms with Crippen molar-refractivity contribution in [1.82, 2.24) is 14.9 Å². The lowest BCUT2D eigenvalue weighted by atomic mass is 9.88. The maximum Gasteiger partial charge on any atom is 0.108 e. The summed E-state index contributed by atoms with van der Waals surface area (Å²) in [6.45, 7) is 6.36. The summed E-state index contributed by atoms with van der Waals surface area (Å²) in [5.74, 6) is 1.83. The van der Waals surface area contributed by atoms with E-state index in [4.69, 9.17) is 4.74 Å². The van der Waals surface area contributed by atoms with Gasteiger partial charge >= 0.3 is 0 Å². The molecule has 2 rings (SSSR count). The van der Waals surface area contributed by atoms with E-state index in [1.54, 1.807) is 0 Å². The normalized spacial score (nSPS) is 24.8. The highest BCUT2D eigenvalue weighted by Crippen LogP contribution is 2.28. The van der Waals surface area contributed by atoms with Crippen LogP contribution in [0.3, 0.4) is 0 Å². The molecular weight excluding hydrogens is 238 g/mol. The molecule has 0 spiro atoms. The molecule has 1 N–H and O–H groups in total. The zero-order valence-corrected chi connectivity index (χ0v) is 12.4. The maximum absolute atomic E-state index is 5.84. The Labute approximate surface area is 116 Å². The van der Waals surface area contributed by atoms with Gasteiger partial charge in [-0.05, 0) is 25.8 Å². The Morgan fingerprint density at radius 1 is 1.53 bits per heavy atom. The van der Waals surface area contributed by atoms with Crippen LogP contribution in [0, 0.1) is 5.92 Å². The van der Waals surface area contributed by atoms with Gasteiger partial charge in [0.25, 0.3) is 0 Å². The zero-order valence-electron chi connectivity index (χ0n) is 12.4. The lowest BCUT2D eigenvalue weighted by molar-refractivity contribution is 0.0766. The van der Waals surface area contributed by atoms with Crippen molar-refractivity contribution in [3.8, 4) is 0 Å². The van der Waals surface area contributed by atoms with Gasteiger partial charge in [0.15, 0.2) is 0 Å². The van der Waals surface area contributed by atoms with Crippen LogP contribution in [0.5, 0.6) is 0 Å². The van der Waals surface area contributed by atoms with Gasteiger partial charge < -0.3 is 14.6 Å². The molecule has 3 atom stereocenters. The largest absolute Gasteiger partial charge is 0.378 e. The maximum atomic E-state index is 5.84. The van der Waals surface area contributed by atoms with Crippen LogP contribution in [-0.2, 0) is 18.2 Å². The third-order valence-electron chi connectivity index (χ3n) is 4.25. The minimum atomic E-state index is 0.436. The Balaban J connectivity index is 1.94. The second-order valence-corrected chi connectivity index (χ2v) is 5.43. The van der Waals surface area contributed by atoms with Crippen molar-refractivity contribution in [3.63, 3.8) is 0 Å². The molecule has 1 fully saturated rings. The number of hydrogen-bond acceptors (Lipinski definition) is 3. The van der Waals surface area contributed by atoms with Crippen molar-refractivity contribution < 1.29 is 4.74 Å². The Morgan fingerprint density at radius 2 is 2.37 bits per heavy atom. The average Bonchev–Trinajstić information content (AvgIpc) is 3.03. The van der Waals surface area contributed by atoms with Crippen LogP contribution in [0.4, 0.5) is 0 Å². The van der Waals surface area contributed by atoms with Crippen molar-refractivity contribution in [1.29, 1.82) is 0 Å². The molecule has 0 bridgehead atoms. The smallest absolute Gasteiger partial charge is 0.108 e. The molecule has 0 aliphatic carbocycles. The predicted octanol–water partition coefficient (Wildman–Crippen LogP) is 2.15. The van der Waals surface area contributed by atoms with Gasteiger partial charge in [-0.2, -0.15) is 0 Å². The highest BCUT2D eigenvalue weighted by Gasteiger charge is 2.32. The van der Waals surface area contributed by atoms with E-state index in [0.717, 1.165) is 32.4 Å². The van der Waals surface area contributed by atoms with Gasteiger partial charge in [0, 0.05) is 44.4 Å². The van der Waals surface area contributed by atoms with E-state index in [-0.39, 0.29) is 0 Å². The summed E-state index contributed by atoms with van der Waals surface area (Å²) < 4.78 is 7.96. The van der Waals surface area contributed by atoms with Gasteiger partial charge in [0.05, 0.1) is 6.10 Å². The third kappa shape index (κ3) is 3.57. The lowest BCUT2D eigenvalue weighted by Crippen LogP contribution is -2.40.